The van der Waals surface area contributed by atoms with Gasteiger partial charge < -0.3 is 10.2 Å². The number of aromatic nitrogens is 3. The van der Waals surface area contributed by atoms with E-state index in [9.17, 15) is 13.6 Å². The van der Waals surface area contributed by atoms with Crippen molar-refractivity contribution in [3.63, 3.8) is 0 Å². The minimum atomic E-state index is -0.933. The minimum Gasteiger partial charge on any atom is -0.335 e. The normalized spacial score (nSPS) is 10.8. The van der Waals surface area contributed by atoms with Gasteiger partial charge in [0.2, 0.25) is 0 Å². The average Bonchev–Trinajstić information content (AvgIpc) is 2.70. The molecule has 0 saturated heterocycles. The molecule has 9 heteroatoms. The molecule has 0 unspecified atom stereocenters. The molecule has 0 spiro atoms. The maximum atomic E-state index is 13.6. The predicted octanol–water partition coefficient (Wildman–Crippen LogP) is 3.40. The molecule has 1 N–H and O–H groups in total. The Bertz CT molecular complexity index is 946. The van der Waals surface area contributed by atoms with Crippen molar-refractivity contribution in [2.75, 3.05) is 5.32 Å². The fraction of sp³-hybridized carbons (Fsp3) is 0.105. The van der Waals surface area contributed by atoms with Crippen molar-refractivity contribution in [2.24, 2.45) is 5.16 Å². The Morgan fingerprint density at radius 2 is 1.93 bits per heavy atom. The van der Waals surface area contributed by atoms with E-state index in [0.29, 0.717) is 18.7 Å². The highest BCUT2D eigenvalue weighted by Gasteiger charge is 2.17. The van der Waals surface area contributed by atoms with Crippen LogP contribution in [0.5, 0.6) is 5.88 Å². The van der Waals surface area contributed by atoms with E-state index in [1.54, 1.807) is 24.5 Å². The molecule has 0 aliphatic heterocycles. The molecule has 1 aromatic carbocycles. The monoisotopic (exact) mass is 383 g/mol. The molecule has 28 heavy (non-hydrogen) atoms. The van der Waals surface area contributed by atoms with Crippen LogP contribution in [0.3, 0.4) is 0 Å². The molecule has 0 aliphatic carbocycles. The first kappa shape index (κ1) is 19.0. The number of carbonyl (C=O) groups is 1. The second-order valence-corrected chi connectivity index (χ2v) is 5.56. The summed E-state index contributed by atoms with van der Waals surface area (Å²) in [7, 11) is 0. The molecule has 0 saturated carbocycles. The molecule has 7 nitrogen and oxygen atoms in total. The molecule has 0 aliphatic rings. The minimum absolute atomic E-state index is 0.191. The highest BCUT2D eigenvalue weighted by Crippen LogP contribution is 2.14. The summed E-state index contributed by atoms with van der Waals surface area (Å²) in [5, 5.41) is 6.16. The maximum absolute atomic E-state index is 13.6. The Hall–Kier alpha value is -3.75. The summed E-state index contributed by atoms with van der Waals surface area (Å²) in [5.74, 6) is -2.28. The number of amides is 1. The molecule has 3 rings (SSSR count). The summed E-state index contributed by atoms with van der Waals surface area (Å²) in [6.07, 6.45) is 8.85. The van der Waals surface area contributed by atoms with E-state index in [1.165, 1.54) is 24.7 Å². The highest BCUT2D eigenvalue weighted by atomic mass is 19.1. The van der Waals surface area contributed by atoms with Gasteiger partial charge in [0.15, 0.2) is 0 Å². The Morgan fingerprint density at radius 3 is 2.61 bits per heavy atom. The summed E-state index contributed by atoms with van der Waals surface area (Å²) >= 11 is 0. The topological polar surface area (TPSA) is 89.4 Å². The number of aryl methyl sites for hydroxylation is 1. The lowest BCUT2D eigenvalue weighted by molar-refractivity contribution is 0.101. The van der Waals surface area contributed by atoms with Gasteiger partial charge in [0.25, 0.3) is 11.8 Å². The molecule has 0 bridgehead atoms. The zero-order chi connectivity index (χ0) is 19.8. The molecule has 2 aromatic heterocycles. The predicted molar refractivity (Wildman–Crippen MR) is 98.0 cm³/mol. The first-order valence-corrected chi connectivity index (χ1v) is 8.28. The first-order valence-electron chi connectivity index (χ1n) is 8.28. The molecule has 1 amide bonds. The van der Waals surface area contributed by atoms with Crippen LogP contribution in [-0.2, 0) is 6.42 Å². The standard InChI is InChI=1S/C19H15F2N5O2/c20-14-4-1-5-15(21)18(14)19(27)26-16-7-6-13(11-24-16)3-2-8-25-28-17-12-22-9-10-23-17/h1,4-12H,2-3H2,(H,24,26,27)/b25-8+. The molecular formula is C19H15F2N5O2. The number of nitrogens with one attached hydrogen (secondary N) is 1. The molecule has 3 aromatic rings. The summed E-state index contributed by atoms with van der Waals surface area (Å²) in [5.41, 5.74) is 0.244. The number of benzene rings is 1. The van der Waals surface area contributed by atoms with Gasteiger partial charge in [-0.3, -0.25) is 9.78 Å². The Labute approximate surface area is 159 Å². The number of hydrogen-bond donors (Lipinski definition) is 1. The number of halogens is 2. The van der Waals surface area contributed by atoms with Gasteiger partial charge in [0, 0.05) is 24.8 Å². The average molecular weight is 383 g/mol. The summed E-state index contributed by atoms with van der Waals surface area (Å²) in [6, 6.07) is 6.53. The lowest BCUT2D eigenvalue weighted by atomic mass is 10.1. The van der Waals surface area contributed by atoms with Crippen LogP contribution in [-0.4, -0.2) is 27.1 Å². The Morgan fingerprint density at radius 1 is 1.11 bits per heavy atom. The zero-order valence-corrected chi connectivity index (χ0v) is 14.5. The van der Waals surface area contributed by atoms with Crippen LogP contribution in [0.15, 0.2) is 60.3 Å². The Kier molecular flexibility index (Phi) is 6.29. The molecule has 0 fully saturated rings. The second kappa shape index (κ2) is 9.26. The van der Waals surface area contributed by atoms with E-state index in [1.807, 2.05) is 0 Å². The molecule has 0 radical (unpaired) electrons. The van der Waals surface area contributed by atoms with Crippen LogP contribution in [0.1, 0.15) is 22.3 Å². The van der Waals surface area contributed by atoms with Crippen LogP contribution < -0.4 is 10.2 Å². The lowest BCUT2D eigenvalue weighted by Gasteiger charge is -2.07. The van der Waals surface area contributed by atoms with Crippen molar-refractivity contribution < 1.29 is 18.4 Å². The van der Waals surface area contributed by atoms with Crippen LogP contribution in [0.2, 0.25) is 0 Å². The van der Waals surface area contributed by atoms with Crippen LogP contribution in [0.25, 0.3) is 0 Å². The molecule has 0 atom stereocenters. The number of oxime groups is 1. The maximum Gasteiger partial charge on any atom is 0.267 e. The third kappa shape index (κ3) is 5.13. The first-order chi connectivity index (χ1) is 13.6. The zero-order valence-electron chi connectivity index (χ0n) is 14.5. The van der Waals surface area contributed by atoms with E-state index < -0.39 is 23.1 Å². The summed E-state index contributed by atoms with van der Waals surface area (Å²) in [4.78, 5) is 28.9. The molecule has 142 valence electrons. The number of anilines is 1. The summed E-state index contributed by atoms with van der Waals surface area (Å²) in [6.45, 7) is 0. The van der Waals surface area contributed by atoms with Crippen LogP contribution in [0.4, 0.5) is 14.6 Å². The molecular weight excluding hydrogens is 368 g/mol. The fourth-order valence-corrected chi connectivity index (χ4v) is 2.25. The van der Waals surface area contributed by atoms with Crippen LogP contribution >= 0.6 is 0 Å². The number of rotatable bonds is 7. The largest absolute Gasteiger partial charge is 0.335 e. The van der Waals surface area contributed by atoms with Gasteiger partial charge in [-0.2, -0.15) is 0 Å². The fourth-order valence-electron chi connectivity index (χ4n) is 2.25. The Balaban J connectivity index is 1.50. The van der Waals surface area contributed by atoms with Gasteiger partial charge in [-0.1, -0.05) is 17.3 Å². The second-order valence-electron chi connectivity index (χ2n) is 5.56. The van der Waals surface area contributed by atoms with Crippen LogP contribution in [0, 0.1) is 11.6 Å². The van der Waals surface area contributed by atoms with Crippen molar-refractivity contribution in [1.82, 2.24) is 15.0 Å². The SMILES string of the molecule is O=C(Nc1ccc(CC/C=N/Oc2cnccn2)cn1)c1c(F)cccc1F. The van der Waals surface area contributed by atoms with E-state index in [4.69, 9.17) is 4.84 Å². The van der Waals surface area contributed by atoms with E-state index in [2.05, 4.69) is 25.4 Å². The highest BCUT2D eigenvalue weighted by molar-refractivity contribution is 6.04. The van der Waals surface area contributed by atoms with Gasteiger partial charge in [0.05, 0.1) is 6.20 Å². The van der Waals surface area contributed by atoms with Crippen molar-refractivity contribution in [3.05, 3.63) is 77.9 Å². The van der Waals surface area contributed by atoms with Gasteiger partial charge in [0.1, 0.15) is 23.0 Å². The van der Waals surface area contributed by atoms with Crippen molar-refractivity contribution in [3.8, 4) is 5.88 Å². The lowest BCUT2D eigenvalue weighted by Crippen LogP contribution is -2.16. The van der Waals surface area contributed by atoms with E-state index in [0.717, 1.165) is 17.7 Å². The van der Waals surface area contributed by atoms with Gasteiger partial charge in [-0.05, 0) is 36.6 Å². The number of carbonyl (C=O) groups excluding carboxylic acids is 1. The quantitative estimate of drug-likeness (QED) is 0.499. The smallest absolute Gasteiger partial charge is 0.267 e. The summed E-state index contributed by atoms with van der Waals surface area (Å²) < 4.78 is 27.3. The number of nitrogens with zero attached hydrogens (tertiary/aromatic N) is 4. The number of hydrogen-bond acceptors (Lipinski definition) is 6. The van der Waals surface area contributed by atoms with Crippen molar-refractivity contribution >= 4 is 17.9 Å². The van der Waals surface area contributed by atoms with E-state index >= 15 is 0 Å². The van der Waals surface area contributed by atoms with Gasteiger partial charge in [-0.25, -0.2) is 18.7 Å². The number of pyridine rings is 1. The third-order valence-corrected chi connectivity index (χ3v) is 3.58. The van der Waals surface area contributed by atoms with Crippen molar-refractivity contribution in [2.45, 2.75) is 12.8 Å². The van der Waals surface area contributed by atoms with Crippen molar-refractivity contribution in [1.29, 1.82) is 0 Å². The third-order valence-electron chi connectivity index (χ3n) is 3.58. The van der Waals surface area contributed by atoms with E-state index in [-0.39, 0.29) is 5.82 Å². The van der Waals surface area contributed by atoms with Gasteiger partial charge >= 0.3 is 0 Å². The molecule has 2 heterocycles. The van der Waals surface area contributed by atoms with Gasteiger partial charge in [-0.15, -0.1) is 0 Å².